The van der Waals surface area contributed by atoms with Crippen molar-refractivity contribution in [3.63, 3.8) is 0 Å². The lowest BCUT2D eigenvalue weighted by Gasteiger charge is -2.22. The number of hydrogen-bond donors (Lipinski definition) is 2. The van der Waals surface area contributed by atoms with Crippen LogP contribution in [0.4, 0.5) is 11.4 Å². The van der Waals surface area contributed by atoms with Crippen LogP contribution in [0.2, 0.25) is 5.02 Å². The second-order valence-corrected chi connectivity index (χ2v) is 8.86. The number of hydrogen-bond acceptors (Lipinski definition) is 5. The Bertz CT molecular complexity index is 1390. The molecule has 34 heavy (non-hydrogen) atoms. The molecule has 1 aromatic heterocycles. The van der Waals surface area contributed by atoms with Gasteiger partial charge in [-0.1, -0.05) is 35.9 Å². The van der Waals surface area contributed by atoms with Crippen molar-refractivity contribution >= 4 is 39.7 Å². The molecular weight excluding hydrogens is 450 g/mol. The number of pyridine rings is 1. The van der Waals surface area contributed by atoms with Crippen LogP contribution in [0.15, 0.2) is 77.6 Å². The van der Waals surface area contributed by atoms with E-state index in [-0.39, 0.29) is 17.7 Å². The summed E-state index contributed by atoms with van der Waals surface area (Å²) in [6.45, 7) is 0. The molecule has 3 aromatic carbocycles. The standard InChI is InChI=1S/C27H26ClN3O3/c1-30(2)20-14-8-17(9-15-20)22(29-19-12-10-18(28)11-13-19)16-24(32)25-26(33)21-6-4-5-7-23(21)31(3)27(25)34/h4-15,22,29,33H,16H2,1-3H3. The molecule has 4 rings (SSSR count). The monoisotopic (exact) mass is 475 g/mol. The fraction of sp³-hybridized carbons (Fsp3) is 0.185. The number of aromatic hydroxyl groups is 1. The van der Waals surface area contributed by atoms with E-state index in [1.165, 1.54) is 4.57 Å². The second-order valence-electron chi connectivity index (χ2n) is 8.42. The van der Waals surface area contributed by atoms with Gasteiger partial charge in [-0.15, -0.1) is 0 Å². The predicted molar refractivity (Wildman–Crippen MR) is 138 cm³/mol. The van der Waals surface area contributed by atoms with E-state index in [2.05, 4.69) is 5.32 Å². The molecule has 0 saturated carbocycles. The van der Waals surface area contributed by atoms with Crippen molar-refractivity contribution in [2.24, 2.45) is 7.05 Å². The van der Waals surface area contributed by atoms with Crippen LogP contribution in [0, 0.1) is 0 Å². The minimum Gasteiger partial charge on any atom is -0.506 e. The Morgan fingerprint density at radius 1 is 1.03 bits per heavy atom. The van der Waals surface area contributed by atoms with Gasteiger partial charge in [-0.25, -0.2) is 0 Å². The number of carbonyl (C=O) groups is 1. The van der Waals surface area contributed by atoms with Gasteiger partial charge in [0.05, 0.1) is 11.6 Å². The maximum Gasteiger partial charge on any atom is 0.265 e. The van der Waals surface area contributed by atoms with E-state index in [4.69, 9.17) is 11.6 Å². The quantitative estimate of drug-likeness (QED) is 0.350. The van der Waals surface area contributed by atoms with Gasteiger partial charge in [0.2, 0.25) is 0 Å². The molecule has 0 bridgehead atoms. The highest BCUT2D eigenvalue weighted by Crippen LogP contribution is 2.30. The van der Waals surface area contributed by atoms with E-state index in [0.29, 0.717) is 15.9 Å². The maximum atomic E-state index is 13.4. The van der Waals surface area contributed by atoms with Crippen LogP contribution in [0.5, 0.6) is 5.75 Å². The van der Waals surface area contributed by atoms with Crippen molar-refractivity contribution in [2.45, 2.75) is 12.5 Å². The maximum absolute atomic E-state index is 13.4. The lowest BCUT2D eigenvalue weighted by molar-refractivity contribution is 0.0972. The predicted octanol–water partition coefficient (Wildman–Crippen LogP) is 5.39. The molecule has 6 nitrogen and oxygen atoms in total. The van der Waals surface area contributed by atoms with E-state index in [0.717, 1.165) is 16.9 Å². The highest BCUT2D eigenvalue weighted by atomic mass is 35.5. The average Bonchev–Trinajstić information content (AvgIpc) is 2.84. The number of Topliss-reactive ketones (excluding diaryl/α,β-unsaturated/α-hetero) is 1. The fourth-order valence-electron chi connectivity index (χ4n) is 4.02. The molecule has 0 fully saturated rings. The zero-order chi connectivity index (χ0) is 24.4. The summed E-state index contributed by atoms with van der Waals surface area (Å²) in [5.41, 5.74) is 2.54. The lowest BCUT2D eigenvalue weighted by Crippen LogP contribution is -2.26. The van der Waals surface area contributed by atoms with Gasteiger partial charge in [-0.05, 0) is 54.1 Å². The fourth-order valence-corrected chi connectivity index (χ4v) is 4.15. The molecular formula is C27H26ClN3O3. The first kappa shape index (κ1) is 23.4. The first-order chi connectivity index (χ1) is 16.3. The lowest BCUT2D eigenvalue weighted by atomic mass is 9.96. The Morgan fingerprint density at radius 2 is 1.68 bits per heavy atom. The largest absolute Gasteiger partial charge is 0.506 e. The van der Waals surface area contributed by atoms with E-state index in [1.807, 2.05) is 55.4 Å². The number of para-hydroxylation sites is 1. The normalized spacial score (nSPS) is 11.9. The number of ketones is 1. The SMILES string of the molecule is CN(C)c1ccc(C(CC(=O)c2c(O)c3ccccc3n(C)c2=O)Nc2ccc(Cl)cc2)cc1. The summed E-state index contributed by atoms with van der Waals surface area (Å²) < 4.78 is 1.40. The first-order valence-corrected chi connectivity index (χ1v) is 11.3. The van der Waals surface area contributed by atoms with Crippen LogP contribution in [0.25, 0.3) is 10.9 Å². The van der Waals surface area contributed by atoms with Gasteiger partial charge in [-0.2, -0.15) is 0 Å². The number of fused-ring (bicyclic) bond motifs is 1. The Balaban J connectivity index is 1.73. The van der Waals surface area contributed by atoms with Crippen molar-refractivity contribution < 1.29 is 9.90 Å². The number of carbonyl (C=O) groups excluding carboxylic acids is 1. The molecule has 0 aliphatic rings. The molecule has 1 heterocycles. The molecule has 1 atom stereocenters. The number of anilines is 2. The minimum absolute atomic E-state index is 0.0227. The van der Waals surface area contributed by atoms with Gasteiger partial charge in [0.25, 0.3) is 5.56 Å². The number of benzene rings is 3. The van der Waals surface area contributed by atoms with Crippen LogP contribution in [0.1, 0.15) is 28.4 Å². The molecule has 4 aromatic rings. The molecule has 7 heteroatoms. The van der Waals surface area contributed by atoms with Gasteiger partial charge in [0.15, 0.2) is 5.78 Å². The van der Waals surface area contributed by atoms with Crippen LogP contribution in [0.3, 0.4) is 0 Å². The molecule has 0 radical (unpaired) electrons. The zero-order valence-electron chi connectivity index (χ0n) is 19.2. The van der Waals surface area contributed by atoms with E-state index in [9.17, 15) is 14.7 Å². The molecule has 0 spiro atoms. The molecule has 0 aliphatic heterocycles. The van der Waals surface area contributed by atoms with Gasteiger partial charge < -0.3 is 19.9 Å². The highest BCUT2D eigenvalue weighted by Gasteiger charge is 2.25. The Labute approximate surface area is 203 Å². The number of aromatic nitrogens is 1. The number of nitrogens with one attached hydrogen (secondary N) is 1. The molecule has 1 unspecified atom stereocenters. The van der Waals surface area contributed by atoms with E-state index >= 15 is 0 Å². The summed E-state index contributed by atoms with van der Waals surface area (Å²) in [5, 5.41) is 15.3. The number of nitrogens with zero attached hydrogens (tertiary/aromatic N) is 2. The smallest absolute Gasteiger partial charge is 0.265 e. The van der Waals surface area contributed by atoms with Gasteiger partial charge in [0, 0.05) is 49.3 Å². The average molecular weight is 476 g/mol. The van der Waals surface area contributed by atoms with Crippen LogP contribution >= 0.6 is 11.6 Å². The summed E-state index contributed by atoms with van der Waals surface area (Å²) in [5.74, 6) is -0.719. The van der Waals surface area contributed by atoms with Crippen molar-refractivity contribution in [1.82, 2.24) is 4.57 Å². The Hall–Kier alpha value is -3.77. The van der Waals surface area contributed by atoms with Crippen LogP contribution in [-0.2, 0) is 7.05 Å². The van der Waals surface area contributed by atoms with Gasteiger partial charge >= 0.3 is 0 Å². The van der Waals surface area contributed by atoms with Gasteiger partial charge in [-0.3, -0.25) is 9.59 Å². The molecule has 0 amide bonds. The molecule has 2 N–H and O–H groups in total. The summed E-state index contributed by atoms with van der Waals surface area (Å²) in [7, 11) is 5.52. The first-order valence-electron chi connectivity index (χ1n) is 10.9. The van der Waals surface area contributed by atoms with Crippen molar-refractivity contribution in [2.75, 3.05) is 24.3 Å². The summed E-state index contributed by atoms with van der Waals surface area (Å²) >= 11 is 6.02. The van der Waals surface area contributed by atoms with Gasteiger partial charge in [0.1, 0.15) is 11.3 Å². The van der Waals surface area contributed by atoms with Crippen LogP contribution in [-0.4, -0.2) is 29.6 Å². The van der Waals surface area contributed by atoms with E-state index in [1.54, 1.807) is 43.4 Å². The third kappa shape index (κ3) is 4.63. The second kappa shape index (κ2) is 9.61. The van der Waals surface area contributed by atoms with Crippen molar-refractivity contribution in [3.05, 3.63) is 99.3 Å². The molecule has 0 aliphatic carbocycles. The topological polar surface area (TPSA) is 74.6 Å². The Kier molecular flexibility index (Phi) is 6.61. The number of halogens is 1. The molecule has 174 valence electrons. The van der Waals surface area contributed by atoms with Crippen molar-refractivity contribution in [1.29, 1.82) is 0 Å². The Morgan fingerprint density at radius 3 is 2.32 bits per heavy atom. The summed E-state index contributed by atoms with van der Waals surface area (Å²) in [6.07, 6.45) is -0.0227. The van der Waals surface area contributed by atoms with Crippen LogP contribution < -0.4 is 15.8 Å². The molecule has 0 saturated heterocycles. The van der Waals surface area contributed by atoms with Crippen molar-refractivity contribution in [3.8, 4) is 5.75 Å². The zero-order valence-corrected chi connectivity index (χ0v) is 20.0. The summed E-state index contributed by atoms with van der Waals surface area (Å²) in [4.78, 5) is 28.5. The minimum atomic E-state index is -0.519. The third-order valence-electron chi connectivity index (χ3n) is 5.94. The number of aryl methyl sites for hydroxylation is 1. The van der Waals surface area contributed by atoms with E-state index < -0.39 is 17.4 Å². The highest BCUT2D eigenvalue weighted by molar-refractivity contribution is 6.30. The third-order valence-corrected chi connectivity index (χ3v) is 6.19. The summed E-state index contributed by atoms with van der Waals surface area (Å²) in [6, 6.07) is 21.6. The number of rotatable bonds is 7.